The maximum absolute atomic E-state index is 10.8. The number of ether oxygens (including phenoxy) is 1. The molecule has 14 heavy (non-hydrogen) atoms. The summed E-state index contributed by atoms with van der Waals surface area (Å²) >= 11 is 0. The zero-order valence-corrected chi connectivity index (χ0v) is 8.34. The van der Waals surface area contributed by atoms with Crippen LogP contribution in [0.4, 0.5) is 0 Å². The third-order valence-electron chi connectivity index (χ3n) is 1.35. The number of carbonyl (C=O) groups is 1. The molecule has 7 heteroatoms. The van der Waals surface area contributed by atoms with Crippen LogP contribution < -0.4 is 0 Å². The Balaban J connectivity index is 0. The molecule has 5 nitrogen and oxygen atoms in total. The molecule has 0 aliphatic carbocycles. The van der Waals surface area contributed by atoms with Gasteiger partial charge in [-0.2, -0.15) is 8.42 Å². The van der Waals surface area contributed by atoms with Crippen LogP contribution in [0, 0.1) is 0 Å². The third-order valence-corrected chi connectivity index (χ3v) is 1.77. The zero-order chi connectivity index (χ0) is 10.3. The summed E-state index contributed by atoms with van der Waals surface area (Å²) in [5.74, 6) is -1.54. The fraction of sp³-hybridized carbons (Fsp3) is 0.857. The molecule has 80 valence electrons. The van der Waals surface area contributed by atoms with Crippen LogP contribution in [0.25, 0.3) is 0 Å². The monoisotopic (exact) mass is 218 g/mol. The van der Waals surface area contributed by atoms with Crippen molar-refractivity contribution in [2.75, 3.05) is 5.94 Å². The minimum atomic E-state index is -4.19. The summed E-state index contributed by atoms with van der Waals surface area (Å²) in [6, 6.07) is 0. The molecular weight excluding hydrogens is 203 g/mol. The molecular formula is C7H15LiO5S. The molecule has 0 saturated carbocycles. The molecule has 0 bridgehead atoms. The van der Waals surface area contributed by atoms with Gasteiger partial charge in [-0.15, -0.1) is 0 Å². The number of esters is 1. The van der Waals surface area contributed by atoms with Gasteiger partial charge in [0.05, 0.1) is 0 Å². The number of unbranched alkanes of at least 4 members (excludes halogenated alkanes) is 2. The van der Waals surface area contributed by atoms with Crippen molar-refractivity contribution in [3.63, 3.8) is 0 Å². The van der Waals surface area contributed by atoms with Crippen molar-refractivity contribution >= 4 is 34.9 Å². The van der Waals surface area contributed by atoms with Gasteiger partial charge in [-0.05, 0) is 6.42 Å². The van der Waals surface area contributed by atoms with Crippen LogP contribution in [-0.4, -0.2) is 43.7 Å². The summed E-state index contributed by atoms with van der Waals surface area (Å²) in [6.45, 7) is 1.99. The fourth-order valence-corrected chi connectivity index (χ4v) is 1.01. The summed E-state index contributed by atoms with van der Waals surface area (Å²) < 4.78 is 32.8. The Labute approximate surface area is 96.1 Å². The molecule has 0 aliphatic rings. The molecule has 0 amide bonds. The van der Waals surface area contributed by atoms with Crippen molar-refractivity contribution in [2.45, 2.75) is 32.6 Å². The van der Waals surface area contributed by atoms with Gasteiger partial charge in [-0.25, -0.2) is 0 Å². The van der Waals surface area contributed by atoms with Crippen LogP contribution in [0.5, 0.6) is 0 Å². The fourth-order valence-electron chi connectivity index (χ4n) is 0.732. The molecule has 0 saturated heterocycles. The summed E-state index contributed by atoms with van der Waals surface area (Å²) in [6.07, 6.45) is 2.76. The second-order valence-corrected chi connectivity index (χ2v) is 4.07. The van der Waals surface area contributed by atoms with Gasteiger partial charge in [-0.1, -0.05) is 19.8 Å². The van der Waals surface area contributed by atoms with E-state index in [9.17, 15) is 13.2 Å². The average molecular weight is 218 g/mol. The first-order valence-electron chi connectivity index (χ1n) is 4.06. The van der Waals surface area contributed by atoms with Crippen molar-refractivity contribution < 1.29 is 22.5 Å². The molecule has 0 spiro atoms. The normalized spacial score (nSPS) is 10.4. The molecule has 0 radical (unpaired) electrons. The van der Waals surface area contributed by atoms with Crippen LogP contribution in [0.3, 0.4) is 0 Å². The molecule has 0 fully saturated rings. The quantitative estimate of drug-likeness (QED) is 0.300. The van der Waals surface area contributed by atoms with Crippen molar-refractivity contribution in [2.24, 2.45) is 0 Å². The molecule has 0 aromatic heterocycles. The van der Waals surface area contributed by atoms with Gasteiger partial charge in [-0.3, -0.25) is 9.35 Å². The maximum atomic E-state index is 10.8. The molecule has 0 aliphatic heterocycles. The van der Waals surface area contributed by atoms with Crippen LogP contribution in [0.1, 0.15) is 32.6 Å². The first-order valence-corrected chi connectivity index (χ1v) is 5.67. The Morgan fingerprint density at radius 2 is 1.93 bits per heavy atom. The van der Waals surface area contributed by atoms with Gasteiger partial charge in [0.2, 0.25) is 5.94 Å². The topological polar surface area (TPSA) is 80.7 Å². The van der Waals surface area contributed by atoms with E-state index in [1.54, 1.807) is 0 Å². The van der Waals surface area contributed by atoms with E-state index in [1.165, 1.54) is 0 Å². The Morgan fingerprint density at radius 3 is 2.36 bits per heavy atom. The second-order valence-electron chi connectivity index (χ2n) is 2.67. The zero-order valence-electron chi connectivity index (χ0n) is 7.52. The summed E-state index contributed by atoms with van der Waals surface area (Å²) in [4.78, 5) is 10.8. The van der Waals surface area contributed by atoms with Crippen LogP contribution in [0.15, 0.2) is 0 Å². The Kier molecular flexibility index (Phi) is 9.73. The van der Waals surface area contributed by atoms with Gasteiger partial charge >= 0.3 is 34.9 Å². The summed E-state index contributed by atoms with van der Waals surface area (Å²) in [5.41, 5.74) is 0. The summed E-state index contributed by atoms with van der Waals surface area (Å²) in [7, 11) is -4.19. The number of rotatable bonds is 6. The molecule has 0 aromatic carbocycles. The van der Waals surface area contributed by atoms with Gasteiger partial charge < -0.3 is 4.74 Å². The van der Waals surface area contributed by atoms with E-state index >= 15 is 0 Å². The molecule has 0 unspecified atom stereocenters. The van der Waals surface area contributed by atoms with Gasteiger partial charge in [0, 0.05) is 6.42 Å². The van der Waals surface area contributed by atoms with E-state index < -0.39 is 22.0 Å². The number of carbonyl (C=O) groups excluding carboxylic acids is 1. The SMILES string of the molecule is CCCCCC(=O)OCS(=O)(=O)O.[LiH]. The number of hydrogen-bond acceptors (Lipinski definition) is 4. The van der Waals surface area contributed by atoms with Crippen molar-refractivity contribution in [3.05, 3.63) is 0 Å². The van der Waals surface area contributed by atoms with E-state index in [-0.39, 0.29) is 25.3 Å². The van der Waals surface area contributed by atoms with E-state index in [2.05, 4.69) is 4.74 Å². The molecule has 0 aromatic rings. The summed E-state index contributed by atoms with van der Waals surface area (Å²) in [5, 5.41) is 0. The standard InChI is InChI=1S/C7H14O5S.Li.H/c1-2-3-4-5-7(8)12-6-13(9,10)11;;/h2-6H2,1H3,(H,9,10,11);;. The van der Waals surface area contributed by atoms with E-state index in [1.807, 2.05) is 6.92 Å². The van der Waals surface area contributed by atoms with Crippen LogP contribution in [-0.2, 0) is 19.6 Å². The van der Waals surface area contributed by atoms with Gasteiger partial charge in [0.25, 0.3) is 0 Å². The molecule has 0 rings (SSSR count). The minimum absolute atomic E-state index is 0. The van der Waals surface area contributed by atoms with E-state index in [0.717, 1.165) is 12.8 Å². The van der Waals surface area contributed by atoms with Crippen LogP contribution >= 0.6 is 0 Å². The van der Waals surface area contributed by atoms with Crippen molar-refractivity contribution in [3.8, 4) is 0 Å². The molecule has 0 heterocycles. The molecule has 1 N–H and O–H groups in total. The van der Waals surface area contributed by atoms with Crippen molar-refractivity contribution in [1.29, 1.82) is 0 Å². The van der Waals surface area contributed by atoms with Crippen molar-refractivity contribution in [1.82, 2.24) is 0 Å². The van der Waals surface area contributed by atoms with Gasteiger partial charge in [0.1, 0.15) is 0 Å². The van der Waals surface area contributed by atoms with E-state index in [0.29, 0.717) is 6.42 Å². The first kappa shape index (κ1) is 16.4. The van der Waals surface area contributed by atoms with E-state index in [4.69, 9.17) is 4.55 Å². The predicted octanol–water partition coefficient (Wildman–Crippen LogP) is 0.307. The average Bonchev–Trinajstić information content (AvgIpc) is 2.00. The first-order chi connectivity index (χ1) is 5.95. The molecule has 0 atom stereocenters. The van der Waals surface area contributed by atoms with Crippen LogP contribution in [0.2, 0.25) is 0 Å². The number of hydrogen-bond donors (Lipinski definition) is 1. The predicted molar refractivity (Wildman–Crippen MR) is 53.8 cm³/mol. The Morgan fingerprint density at radius 1 is 1.36 bits per heavy atom. The third kappa shape index (κ3) is 12.0. The Bertz CT molecular complexity index is 249. The second kappa shape index (κ2) is 8.30. The Hall–Kier alpha value is -0.0226. The van der Waals surface area contributed by atoms with Gasteiger partial charge in [0.15, 0.2) is 0 Å².